The van der Waals surface area contributed by atoms with Crippen molar-refractivity contribution in [2.45, 2.75) is 19.9 Å². The van der Waals surface area contributed by atoms with Crippen LogP contribution in [0.1, 0.15) is 17.5 Å². The third-order valence-corrected chi connectivity index (χ3v) is 2.30. The molecule has 1 N–H and O–H groups in total. The quantitative estimate of drug-likeness (QED) is 0.770. The van der Waals surface area contributed by atoms with Gasteiger partial charge in [-0.3, -0.25) is 0 Å². The molecule has 0 saturated carbocycles. The zero-order valence-corrected chi connectivity index (χ0v) is 10.2. The maximum Gasteiger partial charge on any atom is 0.0640 e. The second-order valence-corrected chi connectivity index (χ2v) is 4.23. The van der Waals surface area contributed by atoms with Crippen LogP contribution in [0.2, 0.25) is 0 Å². The van der Waals surface area contributed by atoms with Gasteiger partial charge in [-0.2, -0.15) is 5.26 Å². The van der Waals surface area contributed by atoms with E-state index in [0.717, 1.165) is 12.2 Å². The van der Waals surface area contributed by atoms with Gasteiger partial charge >= 0.3 is 0 Å². The molecule has 0 spiro atoms. The van der Waals surface area contributed by atoms with Crippen LogP contribution in [0.4, 0.5) is 5.69 Å². The van der Waals surface area contributed by atoms with Gasteiger partial charge in [-0.1, -0.05) is 17.7 Å². The number of nitrogens with zero attached hydrogens (tertiary/aromatic N) is 2. The van der Waals surface area contributed by atoms with Crippen molar-refractivity contribution in [2.75, 3.05) is 26.0 Å². The van der Waals surface area contributed by atoms with Crippen molar-refractivity contribution in [1.29, 1.82) is 5.26 Å². The van der Waals surface area contributed by atoms with Gasteiger partial charge in [0.2, 0.25) is 0 Å². The van der Waals surface area contributed by atoms with Crippen LogP contribution in [0.3, 0.4) is 0 Å². The number of nitrogens with one attached hydrogen (secondary N) is 1. The second-order valence-electron chi connectivity index (χ2n) is 4.23. The molecule has 0 aliphatic rings. The van der Waals surface area contributed by atoms with Crippen LogP contribution in [0.15, 0.2) is 18.2 Å². The van der Waals surface area contributed by atoms with Crippen molar-refractivity contribution in [3.63, 3.8) is 0 Å². The maximum absolute atomic E-state index is 8.50. The first-order valence-electron chi connectivity index (χ1n) is 5.48. The first-order valence-corrected chi connectivity index (χ1v) is 5.48. The molecule has 0 bridgehead atoms. The van der Waals surface area contributed by atoms with Crippen LogP contribution in [-0.2, 0) is 6.54 Å². The van der Waals surface area contributed by atoms with Crippen molar-refractivity contribution in [2.24, 2.45) is 0 Å². The van der Waals surface area contributed by atoms with E-state index in [2.05, 4.69) is 55.5 Å². The zero-order chi connectivity index (χ0) is 12.0. The fraction of sp³-hybridized carbons (Fsp3) is 0.462. The number of hydrogen-bond acceptors (Lipinski definition) is 3. The molecule has 0 amide bonds. The van der Waals surface area contributed by atoms with Gasteiger partial charge in [0.25, 0.3) is 0 Å². The van der Waals surface area contributed by atoms with Crippen LogP contribution in [0.25, 0.3) is 0 Å². The van der Waals surface area contributed by atoms with Gasteiger partial charge < -0.3 is 10.2 Å². The van der Waals surface area contributed by atoms with E-state index in [1.54, 1.807) is 0 Å². The van der Waals surface area contributed by atoms with Gasteiger partial charge in [-0.25, -0.2) is 0 Å². The van der Waals surface area contributed by atoms with E-state index in [1.165, 1.54) is 11.1 Å². The molecule has 1 aromatic carbocycles. The number of benzene rings is 1. The summed E-state index contributed by atoms with van der Waals surface area (Å²) in [7, 11) is 4.11. The molecular weight excluding hydrogens is 198 g/mol. The highest BCUT2D eigenvalue weighted by molar-refractivity contribution is 5.52. The predicted molar refractivity (Wildman–Crippen MR) is 67.3 cm³/mol. The molecule has 0 heterocycles. The first kappa shape index (κ1) is 12.5. The van der Waals surface area contributed by atoms with Crippen LogP contribution in [0, 0.1) is 18.3 Å². The molecule has 0 saturated heterocycles. The van der Waals surface area contributed by atoms with Crippen LogP contribution in [0.5, 0.6) is 0 Å². The van der Waals surface area contributed by atoms with E-state index in [-0.39, 0.29) is 0 Å². The molecule has 0 atom stereocenters. The number of hydrogen-bond donors (Lipinski definition) is 1. The van der Waals surface area contributed by atoms with E-state index in [4.69, 9.17) is 5.26 Å². The van der Waals surface area contributed by atoms with Crippen LogP contribution in [-0.4, -0.2) is 25.5 Å². The van der Waals surface area contributed by atoms with Gasteiger partial charge in [0.05, 0.1) is 12.5 Å². The summed E-state index contributed by atoms with van der Waals surface area (Å²) in [6.07, 6.45) is 0.537. The number of nitriles is 1. The number of rotatable bonds is 5. The Kier molecular flexibility index (Phi) is 4.81. The lowest BCUT2D eigenvalue weighted by molar-refractivity contribution is 0.403. The SMILES string of the molecule is Cc1ccc(NCCC#N)c(CN(C)C)c1. The Labute approximate surface area is 97.7 Å². The van der Waals surface area contributed by atoms with E-state index in [0.29, 0.717) is 13.0 Å². The van der Waals surface area contributed by atoms with Gasteiger partial charge in [0, 0.05) is 18.8 Å². The Balaban J connectivity index is 2.77. The highest BCUT2D eigenvalue weighted by Crippen LogP contribution is 2.18. The Morgan fingerprint density at radius 1 is 1.38 bits per heavy atom. The first-order chi connectivity index (χ1) is 7.63. The second kappa shape index (κ2) is 6.14. The molecule has 3 nitrogen and oxygen atoms in total. The van der Waals surface area contributed by atoms with Crippen LogP contribution < -0.4 is 5.32 Å². The van der Waals surface area contributed by atoms with E-state index in [1.807, 2.05) is 0 Å². The van der Waals surface area contributed by atoms with E-state index in [9.17, 15) is 0 Å². The van der Waals surface area contributed by atoms with Crippen molar-refractivity contribution < 1.29 is 0 Å². The third-order valence-electron chi connectivity index (χ3n) is 2.30. The summed E-state index contributed by atoms with van der Waals surface area (Å²) < 4.78 is 0. The summed E-state index contributed by atoms with van der Waals surface area (Å²) in [6, 6.07) is 8.51. The average molecular weight is 217 g/mol. The predicted octanol–water partition coefficient (Wildman–Crippen LogP) is 2.38. The maximum atomic E-state index is 8.50. The molecule has 86 valence electrons. The van der Waals surface area contributed by atoms with Gasteiger partial charge in [-0.05, 0) is 32.6 Å². The standard InChI is InChI=1S/C13H19N3/c1-11-5-6-13(15-8-4-7-14)12(9-11)10-16(2)3/h5-6,9,15H,4,8,10H2,1-3H3. The highest BCUT2D eigenvalue weighted by Gasteiger charge is 2.03. The smallest absolute Gasteiger partial charge is 0.0640 e. The topological polar surface area (TPSA) is 39.1 Å². The molecule has 0 aliphatic heterocycles. The van der Waals surface area contributed by atoms with Crippen molar-refractivity contribution in [1.82, 2.24) is 4.90 Å². The number of anilines is 1. The van der Waals surface area contributed by atoms with Crippen molar-refractivity contribution >= 4 is 5.69 Å². The molecule has 0 radical (unpaired) electrons. The summed E-state index contributed by atoms with van der Waals surface area (Å²) in [5.74, 6) is 0. The minimum Gasteiger partial charge on any atom is -0.384 e. The lowest BCUT2D eigenvalue weighted by Gasteiger charge is -2.15. The van der Waals surface area contributed by atoms with Crippen LogP contribution >= 0.6 is 0 Å². The molecule has 0 unspecified atom stereocenters. The Hall–Kier alpha value is -1.53. The summed E-state index contributed by atoms with van der Waals surface area (Å²) >= 11 is 0. The van der Waals surface area contributed by atoms with Crippen molar-refractivity contribution in [3.05, 3.63) is 29.3 Å². The molecular formula is C13H19N3. The minimum absolute atomic E-state index is 0.537. The van der Waals surface area contributed by atoms with Gasteiger partial charge in [-0.15, -0.1) is 0 Å². The fourth-order valence-electron chi connectivity index (χ4n) is 1.62. The monoisotopic (exact) mass is 217 g/mol. The van der Waals surface area contributed by atoms with Gasteiger partial charge in [0.1, 0.15) is 0 Å². The van der Waals surface area contributed by atoms with E-state index >= 15 is 0 Å². The molecule has 0 aliphatic carbocycles. The Morgan fingerprint density at radius 3 is 2.75 bits per heavy atom. The molecule has 0 aromatic heterocycles. The fourth-order valence-corrected chi connectivity index (χ4v) is 1.62. The molecule has 1 rings (SSSR count). The minimum atomic E-state index is 0.537. The lowest BCUT2D eigenvalue weighted by Crippen LogP contribution is -2.13. The average Bonchev–Trinajstić information content (AvgIpc) is 2.20. The zero-order valence-electron chi connectivity index (χ0n) is 10.2. The summed E-state index contributed by atoms with van der Waals surface area (Å²) in [5.41, 5.74) is 3.68. The van der Waals surface area contributed by atoms with E-state index < -0.39 is 0 Å². The lowest BCUT2D eigenvalue weighted by atomic mass is 10.1. The van der Waals surface area contributed by atoms with Gasteiger partial charge in [0.15, 0.2) is 0 Å². The van der Waals surface area contributed by atoms with Crippen molar-refractivity contribution in [3.8, 4) is 6.07 Å². The summed E-state index contributed by atoms with van der Waals surface area (Å²) in [5, 5.41) is 11.8. The molecule has 1 aromatic rings. The number of aryl methyl sites for hydroxylation is 1. The Morgan fingerprint density at radius 2 is 2.12 bits per heavy atom. The largest absolute Gasteiger partial charge is 0.384 e. The Bertz CT molecular complexity index is 377. The summed E-state index contributed by atoms with van der Waals surface area (Å²) in [6.45, 7) is 3.72. The highest BCUT2D eigenvalue weighted by atomic mass is 15.1. The molecule has 16 heavy (non-hydrogen) atoms. The summed E-state index contributed by atoms with van der Waals surface area (Å²) in [4.78, 5) is 2.14. The normalized spacial score (nSPS) is 10.2. The molecule has 3 heteroatoms. The molecule has 0 fully saturated rings. The third kappa shape index (κ3) is 3.92.